The number of nitrogens with zero attached hydrogens (tertiary/aromatic N) is 1. The van der Waals surface area contributed by atoms with E-state index in [-0.39, 0.29) is 10.8 Å². The highest BCUT2D eigenvalue weighted by Gasteiger charge is 2.09. The molecule has 0 radical (unpaired) electrons. The van der Waals surface area contributed by atoms with E-state index in [2.05, 4.69) is 31.2 Å². The summed E-state index contributed by atoms with van der Waals surface area (Å²) in [4.78, 5) is 2.22. The van der Waals surface area contributed by atoms with Crippen LogP contribution in [0.25, 0.3) is 0 Å². The zero-order valence-electron chi connectivity index (χ0n) is 8.96. The molecule has 0 bridgehead atoms. The maximum Gasteiger partial charge on any atom is 0.134 e. The minimum atomic E-state index is -0.0125. The monoisotopic (exact) mass is 225 g/mol. The molecule has 0 aliphatic carbocycles. The van der Waals surface area contributed by atoms with E-state index in [0.717, 1.165) is 30.7 Å². The second kappa shape index (κ2) is 5.19. The number of aliphatic hydroxyl groups is 1. The van der Waals surface area contributed by atoms with E-state index in [1.54, 1.807) is 6.08 Å². The average Bonchev–Trinajstić information content (AvgIpc) is 2.18. The summed E-state index contributed by atoms with van der Waals surface area (Å²) in [5.41, 5.74) is 1.97. The van der Waals surface area contributed by atoms with E-state index in [1.165, 1.54) is 0 Å². The molecule has 0 saturated heterocycles. The molecule has 0 aromatic carbocycles. The number of hydrogen-bond acceptors (Lipinski definition) is 2. The van der Waals surface area contributed by atoms with E-state index in [4.69, 9.17) is 11.6 Å². The van der Waals surface area contributed by atoms with Crippen LogP contribution in [-0.4, -0.2) is 30.1 Å². The molecule has 1 N–H and O–H groups in total. The molecule has 3 heteroatoms. The second-order valence-corrected chi connectivity index (χ2v) is 4.16. The highest BCUT2D eigenvalue weighted by molar-refractivity contribution is 6.31. The summed E-state index contributed by atoms with van der Waals surface area (Å²) in [6.45, 7) is 9.28. The first-order chi connectivity index (χ1) is 7.00. The normalized spacial score (nSPS) is 18.5. The van der Waals surface area contributed by atoms with Crippen molar-refractivity contribution in [3.05, 3.63) is 47.2 Å². The fourth-order valence-electron chi connectivity index (χ4n) is 1.40. The van der Waals surface area contributed by atoms with E-state index in [0.29, 0.717) is 0 Å². The van der Waals surface area contributed by atoms with E-state index < -0.39 is 0 Å². The van der Waals surface area contributed by atoms with Crippen LogP contribution in [0.4, 0.5) is 0 Å². The van der Waals surface area contributed by atoms with Gasteiger partial charge in [0.05, 0.1) is 5.03 Å². The average molecular weight is 226 g/mol. The van der Waals surface area contributed by atoms with Gasteiger partial charge in [-0.15, -0.1) is 0 Å². The van der Waals surface area contributed by atoms with Crippen LogP contribution < -0.4 is 0 Å². The van der Waals surface area contributed by atoms with Gasteiger partial charge in [-0.25, -0.2) is 0 Å². The number of rotatable bonds is 3. The lowest BCUT2D eigenvalue weighted by Crippen LogP contribution is -2.24. The summed E-state index contributed by atoms with van der Waals surface area (Å²) in [5.74, 6) is -0.0125. The maximum atomic E-state index is 9.41. The summed E-state index contributed by atoms with van der Waals surface area (Å²) < 4.78 is 0. The number of halogens is 1. The lowest BCUT2D eigenvalue weighted by atomic mass is 10.0. The third kappa shape index (κ3) is 3.57. The molecule has 0 unspecified atom stereocenters. The van der Waals surface area contributed by atoms with Crippen molar-refractivity contribution in [2.45, 2.75) is 6.42 Å². The molecule has 0 fully saturated rings. The molecule has 15 heavy (non-hydrogen) atoms. The largest absolute Gasteiger partial charge is 0.506 e. The van der Waals surface area contributed by atoms with Crippen molar-refractivity contribution in [3.63, 3.8) is 0 Å². The number of hydrogen-bond donors (Lipinski definition) is 1. The van der Waals surface area contributed by atoms with Gasteiger partial charge in [-0.2, -0.15) is 0 Å². The van der Waals surface area contributed by atoms with Crippen molar-refractivity contribution in [2.24, 2.45) is 0 Å². The van der Waals surface area contributed by atoms with Crippen LogP contribution in [0, 0.1) is 0 Å². The number of likely N-dealkylation sites (N-methyl/N-ethyl adjacent to an activating group) is 1. The van der Waals surface area contributed by atoms with Crippen molar-refractivity contribution in [1.82, 2.24) is 4.90 Å². The van der Waals surface area contributed by atoms with Crippen molar-refractivity contribution in [2.75, 3.05) is 20.1 Å². The summed E-state index contributed by atoms with van der Waals surface area (Å²) in [7, 11) is 2.07. The Bertz CT molecular complexity index is 342. The van der Waals surface area contributed by atoms with Crippen molar-refractivity contribution in [3.8, 4) is 0 Å². The van der Waals surface area contributed by atoms with Gasteiger partial charge >= 0.3 is 0 Å². The first-order valence-corrected chi connectivity index (χ1v) is 5.21. The SMILES string of the molecule is C=C(/C=C(/O)C(=C)Cl)C1=CCN(C)CC1. The van der Waals surface area contributed by atoms with E-state index in [1.807, 2.05) is 0 Å². The van der Waals surface area contributed by atoms with Gasteiger partial charge in [0.15, 0.2) is 0 Å². The van der Waals surface area contributed by atoms with Gasteiger partial charge < -0.3 is 10.0 Å². The summed E-state index contributed by atoms with van der Waals surface area (Å²) in [5, 5.41) is 9.55. The first kappa shape index (κ1) is 12.1. The van der Waals surface area contributed by atoms with Gasteiger partial charge in [0.25, 0.3) is 0 Å². The van der Waals surface area contributed by atoms with Gasteiger partial charge in [-0.1, -0.05) is 30.8 Å². The molecule has 0 amide bonds. The fourth-order valence-corrected chi connectivity index (χ4v) is 1.45. The quantitative estimate of drug-likeness (QED) is 0.590. The van der Waals surface area contributed by atoms with Crippen LogP contribution in [0.1, 0.15) is 6.42 Å². The zero-order valence-corrected chi connectivity index (χ0v) is 9.72. The van der Waals surface area contributed by atoms with E-state index >= 15 is 0 Å². The highest BCUT2D eigenvalue weighted by atomic mass is 35.5. The molecule has 1 aliphatic heterocycles. The molecular weight excluding hydrogens is 210 g/mol. The smallest absolute Gasteiger partial charge is 0.134 e. The van der Waals surface area contributed by atoms with Gasteiger partial charge in [0.1, 0.15) is 5.76 Å². The molecule has 0 aromatic rings. The molecule has 2 nitrogen and oxygen atoms in total. The minimum Gasteiger partial charge on any atom is -0.506 e. The van der Waals surface area contributed by atoms with Gasteiger partial charge in [-0.3, -0.25) is 0 Å². The standard InChI is InChI=1S/C12H16ClNO/c1-9(8-12(15)10(2)13)11-4-6-14(3)7-5-11/h4,8,15H,1-2,5-7H2,3H3/b12-8+. The Morgan fingerprint density at radius 1 is 1.60 bits per heavy atom. The van der Waals surface area contributed by atoms with Crippen LogP contribution in [-0.2, 0) is 0 Å². The van der Waals surface area contributed by atoms with Crippen molar-refractivity contribution in [1.29, 1.82) is 0 Å². The summed E-state index contributed by atoms with van der Waals surface area (Å²) in [6, 6.07) is 0. The number of aliphatic hydroxyl groups excluding tert-OH is 1. The van der Waals surface area contributed by atoms with Crippen LogP contribution in [0.15, 0.2) is 47.2 Å². The molecule has 0 spiro atoms. The Hall–Kier alpha value is -0.990. The topological polar surface area (TPSA) is 23.5 Å². The maximum absolute atomic E-state index is 9.41. The second-order valence-electron chi connectivity index (χ2n) is 3.70. The van der Waals surface area contributed by atoms with Crippen LogP contribution in [0.3, 0.4) is 0 Å². The Kier molecular flexibility index (Phi) is 4.18. The predicted molar refractivity (Wildman–Crippen MR) is 65.0 cm³/mol. The Morgan fingerprint density at radius 2 is 2.27 bits per heavy atom. The third-order valence-corrected chi connectivity index (χ3v) is 2.61. The predicted octanol–water partition coefficient (Wildman–Crippen LogP) is 3.00. The highest BCUT2D eigenvalue weighted by Crippen LogP contribution is 2.20. The fraction of sp³-hybridized carbons (Fsp3) is 0.333. The molecular formula is C12H16ClNO. The third-order valence-electron chi connectivity index (χ3n) is 2.41. The zero-order chi connectivity index (χ0) is 11.4. The van der Waals surface area contributed by atoms with Gasteiger partial charge in [0.2, 0.25) is 0 Å². The molecule has 1 rings (SSSR count). The Labute approximate surface area is 95.8 Å². The molecule has 0 atom stereocenters. The molecule has 0 aromatic heterocycles. The lowest BCUT2D eigenvalue weighted by molar-refractivity contribution is 0.360. The lowest BCUT2D eigenvalue weighted by Gasteiger charge is -2.22. The molecule has 1 heterocycles. The van der Waals surface area contributed by atoms with Crippen LogP contribution >= 0.6 is 11.6 Å². The van der Waals surface area contributed by atoms with Gasteiger partial charge in [0, 0.05) is 13.1 Å². The van der Waals surface area contributed by atoms with E-state index in [9.17, 15) is 5.11 Å². The minimum absolute atomic E-state index is 0.0125. The van der Waals surface area contributed by atoms with Gasteiger partial charge in [-0.05, 0) is 30.7 Å². The molecule has 1 aliphatic rings. The summed E-state index contributed by atoms with van der Waals surface area (Å²) in [6.07, 6.45) is 4.63. The summed E-state index contributed by atoms with van der Waals surface area (Å²) >= 11 is 5.55. The molecule has 0 saturated carbocycles. The van der Waals surface area contributed by atoms with Crippen molar-refractivity contribution >= 4 is 11.6 Å². The molecule has 82 valence electrons. The van der Waals surface area contributed by atoms with Crippen molar-refractivity contribution < 1.29 is 5.11 Å². The Morgan fingerprint density at radius 3 is 2.73 bits per heavy atom. The number of allylic oxidation sites excluding steroid dienone is 3. The first-order valence-electron chi connectivity index (χ1n) is 4.83. The van der Waals surface area contributed by atoms with Crippen LogP contribution in [0.5, 0.6) is 0 Å². The Balaban J connectivity index is 2.70. The van der Waals surface area contributed by atoms with Crippen LogP contribution in [0.2, 0.25) is 0 Å².